The lowest BCUT2D eigenvalue weighted by atomic mass is 9.92. The first kappa shape index (κ1) is 29.8. The summed E-state index contributed by atoms with van der Waals surface area (Å²) in [6, 6.07) is 0.562. The van der Waals surface area contributed by atoms with Crippen LogP contribution in [0.4, 0.5) is 0 Å². The number of hydrogen-bond donors (Lipinski definition) is 6. The van der Waals surface area contributed by atoms with Crippen LogP contribution >= 0.6 is 0 Å². The molecule has 0 heterocycles. The van der Waals surface area contributed by atoms with Crippen molar-refractivity contribution in [1.29, 1.82) is 0 Å². The van der Waals surface area contributed by atoms with Gasteiger partial charge in [-0.2, -0.15) is 0 Å². The van der Waals surface area contributed by atoms with Crippen molar-refractivity contribution in [3.8, 4) is 0 Å². The molecule has 2 atom stereocenters. The van der Waals surface area contributed by atoms with E-state index >= 15 is 0 Å². The third-order valence-electron chi connectivity index (χ3n) is 1.87. The normalized spacial score (nSPS) is 17.4. The van der Waals surface area contributed by atoms with Gasteiger partial charge >= 0.3 is 0 Å². The second kappa shape index (κ2) is 20.8. The van der Waals surface area contributed by atoms with Crippen LogP contribution in [0, 0.1) is 0 Å². The molecule has 1 rings (SSSR count). The molecular weight excluding hydrogens is 324 g/mol. The minimum Gasteiger partial charge on any atom is -0.481 e. The summed E-state index contributed by atoms with van der Waals surface area (Å²) in [6.07, 6.45) is 4.80. The Balaban J connectivity index is -0.000000110. The van der Waals surface area contributed by atoms with Gasteiger partial charge in [-0.3, -0.25) is 19.2 Å². The van der Waals surface area contributed by atoms with Gasteiger partial charge in [-0.25, -0.2) is 0 Å². The first-order valence-electron chi connectivity index (χ1n) is 7.03. The zero-order valence-corrected chi connectivity index (χ0v) is 14.6. The zero-order valence-electron chi connectivity index (χ0n) is 14.6. The molecule has 1 saturated carbocycles. The highest BCUT2D eigenvalue weighted by molar-refractivity contribution is 5.63. The molecule has 0 amide bonds. The lowest BCUT2D eigenvalue weighted by Gasteiger charge is -2.24. The fraction of sp³-hybridized carbons (Fsp3) is 0.714. The first-order chi connectivity index (χ1) is 10.7. The van der Waals surface area contributed by atoms with Gasteiger partial charge in [0.2, 0.25) is 0 Å². The molecule has 0 spiro atoms. The van der Waals surface area contributed by atoms with Crippen LogP contribution in [0.5, 0.6) is 0 Å². The smallest absolute Gasteiger partial charge is 0.300 e. The molecule has 1 aliphatic carbocycles. The van der Waals surface area contributed by atoms with Crippen molar-refractivity contribution in [2.75, 3.05) is 0 Å². The Bertz CT molecular complexity index is 287. The summed E-state index contributed by atoms with van der Waals surface area (Å²) in [5.74, 6) is -3.33. The molecule has 0 aromatic carbocycles. The van der Waals surface area contributed by atoms with Crippen molar-refractivity contribution in [3.63, 3.8) is 0 Å². The highest BCUT2D eigenvalue weighted by Gasteiger charge is 2.16. The minimum atomic E-state index is -0.833. The van der Waals surface area contributed by atoms with E-state index in [1.54, 1.807) is 0 Å². The monoisotopic (exact) mass is 354 g/mol. The van der Waals surface area contributed by atoms with E-state index in [1.807, 2.05) is 0 Å². The van der Waals surface area contributed by atoms with E-state index in [0.717, 1.165) is 40.5 Å². The van der Waals surface area contributed by atoms with E-state index in [2.05, 4.69) is 0 Å². The van der Waals surface area contributed by atoms with Crippen molar-refractivity contribution in [2.24, 2.45) is 11.5 Å². The molecule has 0 saturated heterocycles. The predicted molar refractivity (Wildman–Crippen MR) is 87.7 cm³/mol. The fourth-order valence-electron chi connectivity index (χ4n) is 1.19. The van der Waals surface area contributed by atoms with Crippen LogP contribution in [0.1, 0.15) is 53.4 Å². The van der Waals surface area contributed by atoms with Gasteiger partial charge in [0, 0.05) is 39.8 Å². The van der Waals surface area contributed by atoms with Crippen LogP contribution in [-0.4, -0.2) is 56.4 Å². The third-order valence-corrected chi connectivity index (χ3v) is 1.87. The number of nitrogens with two attached hydrogens (primary N) is 2. The molecule has 1 fully saturated rings. The topological polar surface area (TPSA) is 201 Å². The third kappa shape index (κ3) is 90.4. The van der Waals surface area contributed by atoms with E-state index in [4.69, 9.17) is 51.1 Å². The van der Waals surface area contributed by atoms with E-state index < -0.39 is 23.9 Å². The molecule has 24 heavy (non-hydrogen) atoms. The van der Waals surface area contributed by atoms with Gasteiger partial charge in [-0.1, -0.05) is 12.8 Å². The van der Waals surface area contributed by atoms with E-state index in [0.29, 0.717) is 0 Å². The number of carboxylic acids is 4. The molecule has 0 unspecified atom stereocenters. The summed E-state index contributed by atoms with van der Waals surface area (Å²) in [5, 5.41) is 29.7. The fourth-order valence-corrected chi connectivity index (χ4v) is 1.19. The predicted octanol–water partition coefficient (Wildman–Crippen LogP) is 0.579. The van der Waals surface area contributed by atoms with Gasteiger partial charge in [-0.15, -0.1) is 0 Å². The van der Waals surface area contributed by atoms with Crippen molar-refractivity contribution >= 4 is 23.9 Å². The maximum atomic E-state index is 9.00. The Labute approximate surface area is 141 Å². The lowest BCUT2D eigenvalue weighted by Crippen LogP contribution is -2.43. The van der Waals surface area contributed by atoms with Crippen LogP contribution in [0.25, 0.3) is 0 Å². The van der Waals surface area contributed by atoms with E-state index in [-0.39, 0.29) is 12.1 Å². The van der Waals surface area contributed by atoms with Gasteiger partial charge in [0.25, 0.3) is 23.9 Å². The Hall–Kier alpha value is -2.20. The van der Waals surface area contributed by atoms with Gasteiger partial charge in [0.1, 0.15) is 0 Å². The molecule has 0 aromatic rings. The maximum Gasteiger partial charge on any atom is 0.300 e. The molecule has 0 bridgehead atoms. The molecule has 0 radical (unpaired) electrons. The Kier molecular flexibility index (Phi) is 25.8. The molecule has 10 nitrogen and oxygen atoms in total. The van der Waals surface area contributed by atoms with Crippen molar-refractivity contribution in [2.45, 2.75) is 65.5 Å². The van der Waals surface area contributed by atoms with Crippen LogP contribution < -0.4 is 11.5 Å². The maximum absolute atomic E-state index is 9.00. The Morgan fingerprint density at radius 2 is 0.750 bits per heavy atom. The molecular formula is C14H30N2O8. The first-order valence-corrected chi connectivity index (χ1v) is 7.03. The van der Waals surface area contributed by atoms with Gasteiger partial charge in [0.05, 0.1) is 0 Å². The van der Waals surface area contributed by atoms with Gasteiger partial charge < -0.3 is 31.9 Å². The zero-order chi connectivity index (χ0) is 20.3. The van der Waals surface area contributed by atoms with Crippen molar-refractivity contribution in [3.05, 3.63) is 0 Å². The van der Waals surface area contributed by atoms with E-state index in [1.165, 1.54) is 12.8 Å². The molecule has 0 aliphatic heterocycles. The summed E-state index contributed by atoms with van der Waals surface area (Å²) >= 11 is 0. The standard InChI is InChI=1S/C6H14N2.4C2H4O2/c7-5-3-1-2-4-6(5)8;4*1-2(3)4/h5-6H,1-4,7-8H2;4*1H3,(H,3,4)/t5-,6+;;;;. The lowest BCUT2D eigenvalue weighted by molar-refractivity contribution is -0.135. The number of carboxylic acid groups (broad SMARTS) is 4. The quantitative estimate of drug-likeness (QED) is 0.357. The van der Waals surface area contributed by atoms with Crippen molar-refractivity contribution < 1.29 is 39.6 Å². The van der Waals surface area contributed by atoms with Crippen LogP contribution in [0.2, 0.25) is 0 Å². The number of rotatable bonds is 0. The summed E-state index contributed by atoms with van der Waals surface area (Å²) in [4.78, 5) is 36.0. The molecule has 0 aromatic heterocycles. The molecule has 1 aliphatic rings. The van der Waals surface area contributed by atoms with Gasteiger partial charge in [0.15, 0.2) is 0 Å². The van der Waals surface area contributed by atoms with Crippen LogP contribution in [0.15, 0.2) is 0 Å². The minimum absolute atomic E-state index is 0.281. The SMILES string of the molecule is CC(=O)O.CC(=O)O.CC(=O)O.CC(=O)O.N[C@@H]1CCCC[C@@H]1N. The molecule has 144 valence electrons. The summed E-state index contributed by atoms with van der Waals surface area (Å²) in [6.45, 7) is 4.33. The number of aliphatic carboxylic acids is 4. The van der Waals surface area contributed by atoms with Gasteiger partial charge in [-0.05, 0) is 12.8 Å². The Morgan fingerprint density at radius 1 is 0.625 bits per heavy atom. The average molecular weight is 354 g/mol. The number of carbonyl (C=O) groups is 4. The second-order valence-corrected chi connectivity index (χ2v) is 4.69. The second-order valence-electron chi connectivity index (χ2n) is 4.69. The molecule has 10 heteroatoms. The molecule has 8 N–H and O–H groups in total. The summed E-state index contributed by atoms with van der Waals surface area (Å²) < 4.78 is 0. The van der Waals surface area contributed by atoms with Crippen LogP contribution in [-0.2, 0) is 19.2 Å². The largest absolute Gasteiger partial charge is 0.481 e. The summed E-state index contributed by atoms with van der Waals surface area (Å²) in [5.41, 5.74) is 11.3. The highest BCUT2D eigenvalue weighted by Crippen LogP contribution is 2.14. The van der Waals surface area contributed by atoms with Crippen LogP contribution in [0.3, 0.4) is 0 Å². The number of hydrogen-bond acceptors (Lipinski definition) is 6. The van der Waals surface area contributed by atoms with E-state index in [9.17, 15) is 0 Å². The highest BCUT2D eigenvalue weighted by atomic mass is 16.4. The summed E-state index contributed by atoms with van der Waals surface area (Å²) in [7, 11) is 0. The average Bonchev–Trinajstić information content (AvgIpc) is 2.30. The Morgan fingerprint density at radius 3 is 0.833 bits per heavy atom. The van der Waals surface area contributed by atoms with Crippen molar-refractivity contribution in [1.82, 2.24) is 0 Å².